The van der Waals surface area contributed by atoms with E-state index in [1.54, 1.807) is 6.20 Å². The van der Waals surface area contributed by atoms with E-state index in [2.05, 4.69) is 33.4 Å². The zero-order chi connectivity index (χ0) is 11.5. The number of aromatic amines is 1. The third-order valence-corrected chi connectivity index (χ3v) is 3.14. The first-order chi connectivity index (χ1) is 7.72. The van der Waals surface area contributed by atoms with E-state index in [9.17, 15) is 0 Å². The van der Waals surface area contributed by atoms with Crippen LogP contribution >= 0.6 is 12.2 Å². The lowest BCUT2D eigenvalue weighted by Gasteiger charge is -2.14. The third kappa shape index (κ3) is 2.15. The van der Waals surface area contributed by atoms with Crippen molar-refractivity contribution < 1.29 is 0 Å². The van der Waals surface area contributed by atoms with E-state index in [1.807, 2.05) is 12.3 Å². The van der Waals surface area contributed by atoms with Crippen LogP contribution in [0.2, 0.25) is 0 Å². The van der Waals surface area contributed by atoms with Crippen molar-refractivity contribution in [2.75, 3.05) is 20.1 Å². The molecule has 0 unspecified atom stereocenters. The van der Waals surface area contributed by atoms with Crippen LogP contribution in [0.4, 0.5) is 0 Å². The van der Waals surface area contributed by atoms with Crippen LogP contribution in [-0.2, 0) is 6.54 Å². The molecule has 2 aromatic heterocycles. The number of rotatable bonds is 4. The molecular weight excluding hydrogens is 220 g/mol. The highest BCUT2D eigenvalue weighted by Gasteiger charge is 2.04. The molecule has 0 bridgehead atoms. The Kier molecular flexibility index (Phi) is 3.36. The van der Waals surface area contributed by atoms with E-state index in [0.29, 0.717) is 0 Å². The molecule has 0 saturated carbocycles. The van der Waals surface area contributed by atoms with Crippen molar-refractivity contribution in [1.29, 1.82) is 0 Å². The number of hydrogen-bond acceptors (Lipinski definition) is 3. The zero-order valence-electron chi connectivity index (χ0n) is 9.60. The van der Waals surface area contributed by atoms with Crippen molar-refractivity contribution in [3.63, 3.8) is 0 Å². The second kappa shape index (κ2) is 4.76. The van der Waals surface area contributed by atoms with Gasteiger partial charge in [-0.05, 0) is 31.9 Å². The Morgan fingerprint density at radius 1 is 1.56 bits per heavy atom. The normalized spacial score (nSPS) is 11.4. The summed E-state index contributed by atoms with van der Waals surface area (Å²) in [7, 11) is 2.11. The van der Waals surface area contributed by atoms with Gasteiger partial charge in [0.15, 0.2) is 4.77 Å². The molecule has 16 heavy (non-hydrogen) atoms. The fourth-order valence-electron chi connectivity index (χ4n) is 1.66. The van der Waals surface area contributed by atoms with E-state index in [4.69, 9.17) is 12.2 Å². The molecule has 0 aromatic carbocycles. The second-order valence-corrected chi connectivity index (χ2v) is 4.26. The molecule has 86 valence electrons. The van der Waals surface area contributed by atoms with Crippen molar-refractivity contribution in [3.8, 4) is 0 Å². The lowest BCUT2D eigenvalue weighted by molar-refractivity contribution is 0.336. The molecule has 0 amide bonds. The Morgan fingerprint density at radius 2 is 2.38 bits per heavy atom. The molecular formula is C11H16N4S. The van der Waals surface area contributed by atoms with Gasteiger partial charge in [-0.2, -0.15) is 0 Å². The summed E-state index contributed by atoms with van der Waals surface area (Å²) in [5.41, 5.74) is 2.14. The van der Waals surface area contributed by atoms with Crippen LogP contribution in [0, 0.1) is 4.77 Å². The van der Waals surface area contributed by atoms with E-state index in [-0.39, 0.29) is 0 Å². The van der Waals surface area contributed by atoms with Crippen LogP contribution in [0.25, 0.3) is 11.0 Å². The number of H-pyrrole nitrogens is 1. The summed E-state index contributed by atoms with van der Waals surface area (Å²) in [6.07, 6.45) is 3.61. The summed E-state index contributed by atoms with van der Waals surface area (Å²) in [5, 5.41) is 0. The minimum absolute atomic E-state index is 0.771. The first-order valence-electron chi connectivity index (χ1n) is 5.43. The van der Waals surface area contributed by atoms with Gasteiger partial charge in [-0.1, -0.05) is 6.92 Å². The highest BCUT2D eigenvalue weighted by atomic mass is 32.1. The molecule has 0 aliphatic rings. The summed E-state index contributed by atoms with van der Waals surface area (Å²) in [6.45, 7) is 5.11. The number of aromatic nitrogens is 3. The van der Waals surface area contributed by atoms with Crippen LogP contribution in [-0.4, -0.2) is 39.6 Å². The molecule has 0 aliphatic heterocycles. The molecule has 0 aliphatic carbocycles. The molecule has 0 radical (unpaired) electrons. The molecule has 0 atom stereocenters. The van der Waals surface area contributed by atoms with Gasteiger partial charge in [-0.25, -0.2) is 0 Å². The van der Waals surface area contributed by atoms with Crippen molar-refractivity contribution in [1.82, 2.24) is 19.4 Å². The van der Waals surface area contributed by atoms with Gasteiger partial charge in [-0.15, -0.1) is 0 Å². The minimum atomic E-state index is 0.771. The van der Waals surface area contributed by atoms with Crippen LogP contribution < -0.4 is 0 Å². The predicted octanol–water partition coefficient (Wildman–Crippen LogP) is 2.05. The van der Waals surface area contributed by atoms with Gasteiger partial charge >= 0.3 is 0 Å². The Balaban J connectivity index is 2.29. The molecule has 4 nitrogen and oxygen atoms in total. The van der Waals surface area contributed by atoms with Crippen molar-refractivity contribution in [2.24, 2.45) is 0 Å². The molecule has 0 saturated heterocycles. The molecule has 0 fully saturated rings. The molecule has 1 N–H and O–H groups in total. The standard InChI is InChI=1S/C11H16N4S/c1-3-14(2)6-7-15-10-4-5-12-8-9(10)13-11(15)16/h4-5,8H,3,6-7H2,1-2H3,(H,13,16). The second-order valence-electron chi connectivity index (χ2n) is 3.87. The van der Waals surface area contributed by atoms with E-state index in [0.717, 1.165) is 35.4 Å². The van der Waals surface area contributed by atoms with Gasteiger partial charge in [0, 0.05) is 19.3 Å². The average molecular weight is 236 g/mol. The summed E-state index contributed by atoms with van der Waals surface area (Å²) in [5.74, 6) is 0. The Labute approximate surface area is 99.9 Å². The van der Waals surface area contributed by atoms with Gasteiger partial charge in [-0.3, -0.25) is 4.98 Å². The number of hydrogen-bond donors (Lipinski definition) is 1. The number of nitrogens with one attached hydrogen (secondary N) is 1. The summed E-state index contributed by atoms with van der Waals surface area (Å²) >= 11 is 5.30. The third-order valence-electron chi connectivity index (χ3n) is 2.82. The Hall–Kier alpha value is -1.20. The SMILES string of the molecule is CCN(C)CCn1c(=S)[nH]c2cnccc21. The van der Waals surface area contributed by atoms with Crippen LogP contribution in [0.1, 0.15) is 6.92 Å². The van der Waals surface area contributed by atoms with Gasteiger partial charge in [0.05, 0.1) is 17.2 Å². The summed E-state index contributed by atoms with van der Waals surface area (Å²) in [6, 6.07) is 1.99. The number of likely N-dealkylation sites (N-methyl/N-ethyl adjacent to an activating group) is 1. The van der Waals surface area contributed by atoms with E-state index < -0.39 is 0 Å². The van der Waals surface area contributed by atoms with Gasteiger partial charge in [0.1, 0.15) is 0 Å². The molecule has 2 rings (SSSR count). The maximum atomic E-state index is 5.30. The molecule has 2 aromatic rings. The van der Waals surface area contributed by atoms with Crippen molar-refractivity contribution in [3.05, 3.63) is 23.2 Å². The molecule has 5 heteroatoms. The first kappa shape index (κ1) is 11.3. The fraction of sp³-hybridized carbons (Fsp3) is 0.455. The molecule has 0 spiro atoms. The fourth-order valence-corrected chi connectivity index (χ4v) is 1.96. The topological polar surface area (TPSA) is 36.9 Å². The van der Waals surface area contributed by atoms with E-state index >= 15 is 0 Å². The molecule has 2 heterocycles. The highest BCUT2D eigenvalue weighted by molar-refractivity contribution is 7.71. The van der Waals surface area contributed by atoms with Crippen LogP contribution in [0.5, 0.6) is 0 Å². The smallest absolute Gasteiger partial charge is 0.178 e. The number of pyridine rings is 1. The zero-order valence-corrected chi connectivity index (χ0v) is 10.4. The highest BCUT2D eigenvalue weighted by Crippen LogP contribution is 2.11. The van der Waals surface area contributed by atoms with Crippen LogP contribution in [0.3, 0.4) is 0 Å². The largest absolute Gasteiger partial charge is 0.329 e. The summed E-state index contributed by atoms with van der Waals surface area (Å²) in [4.78, 5) is 9.51. The number of nitrogens with zero attached hydrogens (tertiary/aromatic N) is 3. The lowest BCUT2D eigenvalue weighted by Crippen LogP contribution is -2.22. The number of imidazole rings is 1. The maximum absolute atomic E-state index is 5.30. The predicted molar refractivity (Wildman–Crippen MR) is 68.1 cm³/mol. The van der Waals surface area contributed by atoms with Gasteiger partial charge < -0.3 is 14.5 Å². The Morgan fingerprint density at radius 3 is 3.12 bits per heavy atom. The van der Waals surface area contributed by atoms with Gasteiger partial charge in [0.25, 0.3) is 0 Å². The lowest BCUT2D eigenvalue weighted by atomic mass is 10.4. The Bertz CT molecular complexity index is 528. The van der Waals surface area contributed by atoms with Crippen molar-refractivity contribution in [2.45, 2.75) is 13.5 Å². The average Bonchev–Trinajstić information content (AvgIpc) is 2.62. The summed E-state index contributed by atoms with van der Waals surface area (Å²) < 4.78 is 2.89. The van der Waals surface area contributed by atoms with Crippen molar-refractivity contribution >= 4 is 23.3 Å². The maximum Gasteiger partial charge on any atom is 0.178 e. The van der Waals surface area contributed by atoms with Gasteiger partial charge in [0.2, 0.25) is 0 Å². The monoisotopic (exact) mass is 236 g/mol. The number of fused-ring (bicyclic) bond motifs is 1. The first-order valence-corrected chi connectivity index (χ1v) is 5.84. The van der Waals surface area contributed by atoms with Crippen LogP contribution in [0.15, 0.2) is 18.5 Å². The quantitative estimate of drug-likeness (QED) is 0.825. The minimum Gasteiger partial charge on any atom is -0.329 e. The van der Waals surface area contributed by atoms with E-state index in [1.165, 1.54) is 0 Å².